The van der Waals surface area contributed by atoms with Crippen LogP contribution >= 0.6 is 11.6 Å². The number of amides is 3. The minimum absolute atomic E-state index is 0.237. The number of nitrogens with zero attached hydrogens (tertiary/aromatic N) is 3. The number of anilines is 1. The molecule has 0 atom stereocenters. The zero-order valence-corrected chi connectivity index (χ0v) is 17.2. The van der Waals surface area contributed by atoms with Crippen LogP contribution in [0.1, 0.15) is 44.0 Å². The van der Waals surface area contributed by atoms with Crippen LogP contribution in [0.15, 0.2) is 12.3 Å². The average molecular weight is 412 g/mol. The van der Waals surface area contributed by atoms with E-state index in [9.17, 15) is 14.4 Å². The molecule has 1 saturated heterocycles. The number of carboxylic acid groups (broad SMARTS) is 1. The third-order valence-corrected chi connectivity index (χ3v) is 4.81. The maximum atomic E-state index is 13.1. The number of likely N-dealkylation sites (tertiary alicyclic amines) is 1. The Balaban J connectivity index is 2.17. The lowest BCUT2D eigenvalue weighted by molar-refractivity contribution is -0.145. The molecule has 3 amide bonds. The van der Waals surface area contributed by atoms with Crippen molar-refractivity contribution in [3.05, 3.63) is 23.0 Å². The molecule has 10 heteroatoms. The predicted molar refractivity (Wildman–Crippen MR) is 105 cm³/mol. The van der Waals surface area contributed by atoms with Crippen molar-refractivity contribution >= 4 is 35.2 Å². The Bertz CT molecular complexity index is 757. The Morgan fingerprint density at radius 1 is 1.29 bits per heavy atom. The highest BCUT2D eigenvalue weighted by Crippen LogP contribution is 2.24. The molecule has 1 aliphatic heterocycles. The first-order valence-electron chi connectivity index (χ1n) is 9.00. The van der Waals surface area contributed by atoms with E-state index >= 15 is 0 Å². The fourth-order valence-electron chi connectivity index (χ4n) is 3.03. The van der Waals surface area contributed by atoms with E-state index in [-0.39, 0.29) is 22.5 Å². The molecule has 1 aromatic rings. The van der Waals surface area contributed by atoms with Crippen LogP contribution in [-0.4, -0.2) is 63.6 Å². The molecule has 1 aliphatic rings. The number of carbonyl (C=O) groups excluding carboxylic acids is 2. The Hall–Kier alpha value is -2.55. The standard InChI is InChI=1S/C18H26ClN5O4/c1-18(2,3)24(16(26)11-5-7-23(8-6-11)17(27)28)22-15(25)12-10-21-14(19)9-13(12)20-4/h9-11H,5-8H2,1-4H3,(H,20,21)(H,22,25)(H,27,28). The van der Waals surface area contributed by atoms with Gasteiger partial charge in [-0.1, -0.05) is 11.6 Å². The largest absolute Gasteiger partial charge is 0.465 e. The highest BCUT2D eigenvalue weighted by atomic mass is 35.5. The van der Waals surface area contributed by atoms with Gasteiger partial charge in [0.15, 0.2) is 0 Å². The number of hydrazine groups is 1. The van der Waals surface area contributed by atoms with Gasteiger partial charge in [-0.05, 0) is 39.7 Å². The molecular formula is C18H26ClN5O4. The number of nitrogens with one attached hydrogen (secondary N) is 2. The molecule has 0 saturated carbocycles. The van der Waals surface area contributed by atoms with E-state index in [1.165, 1.54) is 22.2 Å². The van der Waals surface area contributed by atoms with Crippen LogP contribution in [0.2, 0.25) is 5.15 Å². The second kappa shape index (κ2) is 8.64. The zero-order chi connectivity index (χ0) is 21.1. The maximum absolute atomic E-state index is 13.1. The van der Waals surface area contributed by atoms with Gasteiger partial charge >= 0.3 is 6.09 Å². The van der Waals surface area contributed by atoms with Gasteiger partial charge in [-0.25, -0.2) is 14.8 Å². The number of piperidine rings is 1. The number of hydrogen-bond acceptors (Lipinski definition) is 5. The molecule has 154 valence electrons. The van der Waals surface area contributed by atoms with E-state index in [4.69, 9.17) is 16.7 Å². The van der Waals surface area contributed by atoms with E-state index in [0.29, 0.717) is 31.6 Å². The van der Waals surface area contributed by atoms with Crippen molar-refractivity contribution in [3.8, 4) is 0 Å². The summed E-state index contributed by atoms with van der Waals surface area (Å²) in [4.78, 5) is 42.2. The van der Waals surface area contributed by atoms with E-state index < -0.39 is 17.5 Å². The number of aromatic nitrogens is 1. The van der Waals surface area contributed by atoms with Gasteiger partial charge in [0, 0.05) is 32.3 Å². The second-order valence-corrected chi connectivity index (χ2v) is 8.02. The van der Waals surface area contributed by atoms with Crippen molar-refractivity contribution < 1.29 is 19.5 Å². The smallest absolute Gasteiger partial charge is 0.407 e. The molecule has 9 nitrogen and oxygen atoms in total. The zero-order valence-electron chi connectivity index (χ0n) is 16.5. The van der Waals surface area contributed by atoms with Crippen LogP contribution in [0, 0.1) is 5.92 Å². The molecule has 0 bridgehead atoms. The SMILES string of the molecule is CNc1cc(Cl)ncc1C(=O)NN(C(=O)C1CCN(C(=O)O)CC1)C(C)(C)C. The van der Waals surface area contributed by atoms with E-state index in [1.807, 2.05) is 20.8 Å². The fraction of sp³-hybridized carbons (Fsp3) is 0.556. The molecule has 0 aromatic carbocycles. The van der Waals surface area contributed by atoms with E-state index in [2.05, 4.69) is 15.7 Å². The number of halogens is 1. The van der Waals surface area contributed by atoms with Gasteiger partial charge in [0.25, 0.3) is 5.91 Å². The molecule has 1 fully saturated rings. The number of carbonyl (C=O) groups is 3. The summed E-state index contributed by atoms with van der Waals surface area (Å²) in [6, 6.07) is 1.53. The van der Waals surface area contributed by atoms with Gasteiger partial charge in [0.2, 0.25) is 5.91 Å². The first-order valence-corrected chi connectivity index (χ1v) is 9.38. The summed E-state index contributed by atoms with van der Waals surface area (Å²) in [7, 11) is 1.66. The summed E-state index contributed by atoms with van der Waals surface area (Å²) in [5.41, 5.74) is 2.77. The van der Waals surface area contributed by atoms with Gasteiger partial charge in [-0.2, -0.15) is 0 Å². The van der Waals surface area contributed by atoms with Gasteiger partial charge in [0.05, 0.1) is 16.8 Å². The lowest BCUT2D eigenvalue weighted by atomic mass is 9.94. The Labute approximate surface area is 169 Å². The summed E-state index contributed by atoms with van der Waals surface area (Å²) >= 11 is 5.87. The molecule has 0 unspecified atom stereocenters. The molecule has 1 aromatic heterocycles. The molecule has 28 heavy (non-hydrogen) atoms. The fourth-order valence-corrected chi connectivity index (χ4v) is 3.19. The first-order chi connectivity index (χ1) is 13.0. The van der Waals surface area contributed by atoms with Crippen LogP contribution < -0.4 is 10.7 Å². The summed E-state index contributed by atoms with van der Waals surface area (Å²) in [5, 5.41) is 13.5. The molecule has 0 radical (unpaired) electrons. The van der Waals surface area contributed by atoms with E-state index in [1.54, 1.807) is 7.05 Å². The summed E-state index contributed by atoms with van der Waals surface area (Å²) < 4.78 is 0. The predicted octanol–water partition coefficient (Wildman–Crippen LogP) is 2.44. The molecule has 2 rings (SSSR count). The number of rotatable bonds is 3. The monoisotopic (exact) mass is 411 g/mol. The highest BCUT2D eigenvalue weighted by molar-refractivity contribution is 6.29. The Kier molecular flexibility index (Phi) is 6.71. The highest BCUT2D eigenvalue weighted by Gasteiger charge is 2.36. The molecule has 0 spiro atoms. The summed E-state index contributed by atoms with van der Waals surface area (Å²) in [6.07, 6.45) is 1.19. The third kappa shape index (κ3) is 5.03. The quantitative estimate of drug-likeness (QED) is 0.519. The first kappa shape index (κ1) is 21.7. The van der Waals surface area contributed by atoms with E-state index in [0.717, 1.165) is 0 Å². The molecule has 3 N–H and O–H groups in total. The summed E-state index contributed by atoms with van der Waals surface area (Å²) in [5.74, 6) is -1.08. The van der Waals surface area contributed by atoms with Crippen LogP contribution in [0.4, 0.5) is 10.5 Å². The van der Waals surface area contributed by atoms with Crippen LogP contribution in [0.25, 0.3) is 0 Å². The normalized spacial score (nSPS) is 15.1. The maximum Gasteiger partial charge on any atom is 0.407 e. The van der Waals surface area contributed by atoms with Gasteiger partial charge in [-0.3, -0.25) is 15.0 Å². The average Bonchev–Trinajstić information content (AvgIpc) is 2.64. The van der Waals surface area contributed by atoms with Crippen molar-refractivity contribution in [1.82, 2.24) is 20.3 Å². The minimum Gasteiger partial charge on any atom is -0.465 e. The lowest BCUT2D eigenvalue weighted by Crippen LogP contribution is -2.58. The molecule has 2 heterocycles. The van der Waals surface area contributed by atoms with Gasteiger partial charge < -0.3 is 15.3 Å². The Morgan fingerprint density at radius 2 is 1.89 bits per heavy atom. The molecule has 0 aliphatic carbocycles. The Morgan fingerprint density at radius 3 is 2.39 bits per heavy atom. The van der Waals surface area contributed by atoms with Crippen molar-refractivity contribution in [2.24, 2.45) is 5.92 Å². The number of pyridine rings is 1. The van der Waals surface area contributed by atoms with Gasteiger partial charge in [-0.15, -0.1) is 0 Å². The van der Waals surface area contributed by atoms with Crippen molar-refractivity contribution in [2.45, 2.75) is 39.2 Å². The van der Waals surface area contributed by atoms with Crippen molar-refractivity contribution in [2.75, 3.05) is 25.5 Å². The summed E-state index contributed by atoms with van der Waals surface area (Å²) in [6.45, 7) is 6.04. The topological polar surface area (TPSA) is 115 Å². The van der Waals surface area contributed by atoms with Crippen LogP contribution in [-0.2, 0) is 4.79 Å². The number of hydrogen-bond donors (Lipinski definition) is 3. The van der Waals surface area contributed by atoms with Crippen LogP contribution in [0.3, 0.4) is 0 Å². The van der Waals surface area contributed by atoms with Crippen LogP contribution in [0.5, 0.6) is 0 Å². The molecular weight excluding hydrogens is 386 g/mol. The van der Waals surface area contributed by atoms with Crippen molar-refractivity contribution in [3.63, 3.8) is 0 Å². The minimum atomic E-state index is -0.985. The second-order valence-electron chi connectivity index (χ2n) is 7.63. The van der Waals surface area contributed by atoms with Crippen molar-refractivity contribution in [1.29, 1.82) is 0 Å². The third-order valence-electron chi connectivity index (χ3n) is 4.60. The lowest BCUT2D eigenvalue weighted by Gasteiger charge is -2.39. The van der Waals surface area contributed by atoms with Gasteiger partial charge in [0.1, 0.15) is 5.15 Å².